The third kappa shape index (κ3) is 6.12. The molecule has 0 bridgehead atoms. The van der Waals surface area contributed by atoms with Crippen LogP contribution < -0.4 is 16.2 Å². The second-order valence-corrected chi connectivity index (χ2v) is 9.01. The zero-order valence-corrected chi connectivity index (χ0v) is 18.2. The number of likely N-dealkylation sites (tertiary alicyclic amines) is 1. The first-order chi connectivity index (χ1) is 15.1. The minimum Gasteiger partial charge on any atom is -0.326 e. The topological polar surface area (TPSA) is 56.4 Å². The van der Waals surface area contributed by atoms with Crippen molar-refractivity contribution in [2.75, 3.05) is 31.5 Å². The van der Waals surface area contributed by atoms with Gasteiger partial charge in [0.25, 0.3) is 0 Å². The fraction of sp³-hybridized carbons (Fsp3) is 0.480. The lowest BCUT2D eigenvalue weighted by molar-refractivity contribution is -0.116. The van der Waals surface area contributed by atoms with Gasteiger partial charge in [-0.15, -0.1) is 0 Å². The van der Waals surface area contributed by atoms with E-state index in [1.54, 1.807) is 0 Å². The number of piperidine rings is 1. The van der Waals surface area contributed by atoms with Crippen LogP contribution in [0.1, 0.15) is 42.9 Å². The SMILES string of the molecule is Cc1cccc(NC(=O)CCC2CCN(CC3CNNC3c3ccc(F)cc3)CC2)c1. The average molecular weight is 425 g/mol. The van der Waals surface area contributed by atoms with E-state index in [1.807, 2.05) is 43.3 Å². The number of aryl methyl sites for hydroxylation is 1. The number of nitrogens with zero attached hydrogens (tertiary/aromatic N) is 1. The molecule has 2 aliphatic rings. The fourth-order valence-corrected chi connectivity index (χ4v) is 4.80. The molecule has 2 saturated heterocycles. The van der Waals surface area contributed by atoms with Crippen LogP contribution in [0, 0.1) is 24.6 Å². The Morgan fingerprint density at radius 3 is 2.68 bits per heavy atom. The maximum atomic E-state index is 13.2. The Kier molecular flexibility index (Phi) is 7.33. The fourth-order valence-electron chi connectivity index (χ4n) is 4.80. The van der Waals surface area contributed by atoms with E-state index < -0.39 is 0 Å². The highest BCUT2D eigenvalue weighted by Gasteiger charge is 2.31. The summed E-state index contributed by atoms with van der Waals surface area (Å²) in [6, 6.07) is 15.0. The van der Waals surface area contributed by atoms with Gasteiger partial charge in [0.1, 0.15) is 5.82 Å². The van der Waals surface area contributed by atoms with Crippen molar-refractivity contribution in [1.82, 2.24) is 15.8 Å². The summed E-state index contributed by atoms with van der Waals surface area (Å²) in [5.41, 5.74) is 9.79. The third-order valence-electron chi connectivity index (χ3n) is 6.60. The molecule has 0 radical (unpaired) electrons. The molecule has 2 unspecified atom stereocenters. The van der Waals surface area contributed by atoms with Gasteiger partial charge in [-0.3, -0.25) is 10.2 Å². The van der Waals surface area contributed by atoms with E-state index >= 15 is 0 Å². The molecule has 6 heteroatoms. The largest absolute Gasteiger partial charge is 0.326 e. The normalized spacial score (nSPS) is 22.5. The van der Waals surface area contributed by atoms with Crippen molar-refractivity contribution in [3.8, 4) is 0 Å². The Morgan fingerprint density at radius 1 is 1.16 bits per heavy atom. The molecule has 0 aromatic heterocycles. The van der Waals surface area contributed by atoms with Crippen molar-refractivity contribution < 1.29 is 9.18 Å². The van der Waals surface area contributed by atoms with Gasteiger partial charge in [0.05, 0.1) is 6.04 Å². The molecule has 31 heavy (non-hydrogen) atoms. The Hall–Kier alpha value is -2.28. The van der Waals surface area contributed by atoms with Crippen LogP contribution in [0.5, 0.6) is 0 Å². The molecule has 4 rings (SSSR count). The highest BCUT2D eigenvalue weighted by atomic mass is 19.1. The Bertz CT molecular complexity index is 864. The van der Waals surface area contributed by atoms with Crippen LogP contribution in [-0.4, -0.2) is 37.0 Å². The number of amides is 1. The van der Waals surface area contributed by atoms with Gasteiger partial charge >= 0.3 is 0 Å². The van der Waals surface area contributed by atoms with E-state index in [1.165, 1.54) is 12.1 Å². The predicted molar refractivity (Wildman–Crippen MR) is 122 cm³/mol. The summed E-state index contributed by atoms with van der Waals surface area (Å²) in [5, 5.41) is 3.02. The minimum atomic E-state index is -0.194. The minimum absolute atomic E-state index is 0.110. The average Bonchev–Trinajstić information content (AvgIpc) is 3.22. The first-order valence-electron chi connectivity index (χ1n) is 11.4. The van der Waals surface area contributed by atoms with Gasteiger partial charge in [-0.1, -0.05) is 24.3 Å². The maximum absolute atomic E-state index is 13.2. The van der Waals surface area contributed by atoms with Crippen LogP contribution in [0.25, 0.3) is 0 Å². The summed E-state index contributed by atoms with van der Waals surface area (Å²) in [5.74, 6) is 0.994. The van der Waals surface area contributed by atoms with Crippen molar-refractivity contribution in [3.05, 3.63) is 65.5 Å². The monoisotopic (exact) mass is 424 g/mol. The van der Waals surface area contributed by atoms with Crippen molar-refractivity contribution in [2.24, 2.45) is 11.8 Å². The van der Waals surface area contributed by atoms with Crippen LogP contribution in [-0.2, 0) is 4.79 Å². The highest BCUT2D eigenvalue weighted by molar-refractivity contribution is 5.90. The van der Waals surface area contributed by atoms with Crippen LogP contribution in [0.2, 0.25) is 0 Å². The van der Waals surface area contributed by atoms with Gasteiger partial charge in [0.15, 0.2) is 0 Å². The Balaban J connectivity index is 1.19. The van der Waals surface area contributed by atoms with Crippen LogP contribution in [0.3, 0.4) is 0 Å². The Labute approximate surface area is 184 Å². The van der Waals surface area contributed by atoms with Gasteiger partial charge in [0, 0.05) is 31.1 Å². The summed E-state index contributed by atoms with van der Waals surface area (Å²) in [7, 11) is 0. The first-order valence-corrected chi connectivity index (χ1v) is 11.4. The number of hydrazine groups is 1. The molecule has 2 aromatic carbocycles. The lowest BCUT2D eigenvalue weighted by Gasteiger charge is -2.34. The molecule has 1 amide bonds. The van der Waals surface area contributed by atoms with Gasteiger partial charge < -0.3 is 10.2 Å². The predicted octanol–water partition coefficient (Wildman–Crippen LogP) is 4.03. The second-order valence-electron chi connectivity index (χ2n) is 9.01. The van der Waals surface area contributed by atoms with Crippen LogP contribution in [0.15, 0.2) is 48.5 Å². The lowest BCUT2D eigenvalue weighted by atomic mass is 9.90. The molecule has 166 valence electrons. The summed E-state index contributed by atoms with van der Waals surface area (Å²) in [6.45, 7) is 6.14. The van der Waals surface area contributed by atoms with Crippen LogP contribution >= 0.6 is 0 Å². The molecule has 2 aromatic rings. The number of hydrogen-bond acceptors (Lipinski definition) is 4. The van der Waals surface area contributed by atoms with E-state index in [0.29, 0.717) is 18.3 Å². The second kappa shape index (κ2) is 10.4. The molecule has 0 aliphatic carbocycles. The van der Waals surface area contributed by atoms with Crippen molar-refractivity contribution in [2.45, 2.75) is 38.6 Å². The van der Waals surface area contributed by atoms with Crippen LogP contribution in [0.4, 0.5) is 10.1 Å². The molecule has 2 aliphatic heterocycles. The third-order valence-corrected chi connectivity index (χ3v) is 6.60. The maximum Gasteiger partial charge on any atom is 0.224 e. The Morgan fingerprint density at radius 2 is 1.94 bits per heavy atom. The molecular formula is C25H33FN4O. The smallest absolute Gasteiger partial charge is 0.224 e. The van der Waals surface area contributed by atoms with Crippen molar-refractivity contribution >= 4 is 11.6 Å². The number of rotatable bonds is 7. The van der Waals surface area contributed by atoms with Gasteiger partial charge in [0.2, 0.25) is 5.91 Å². The highest BCUT2D eigenvalue weighted by Crippen LogP contribution is 2.28. The molecule has 5 nitrogen and oxygen atoms in total. The number of halogens is 1. The molecule has 0 saturated carbocycles. The lowest BCUT2D eigenvalue weighted by Crippen LogP contribution is -2.39. The summed E-state index contributed by atoms with van der Waals surface area (Å²) >= 11 is 0. The number of nitrogens with one attached hydrogen (secondary N) is 3. The van der Waals surface area contributed by atoms with E-state index in [9.17, 15) is 9.18 Å². The number of carbonyl (C=O) groups excluding carboxylic acids is 1. The molecule has 2 atom stereocenters. The summed E-state index contributed by atoms with van der Waals surface area (Å²) in [6.07, 6.45) is 3.83. The number of anilines is 1. The zero-order chi connectivity index (χ0) is 21.6. The first kappa shape index (κ1) is 21.9. The van der Waals surface area contributed by atoms with Gasteiger partial charge in [-0.05, 0) is 80.6 Å². The number of benzene rings is 2. The molecular weight excluding hydrogens is 391 g/mol. The number of carbonyl (C=O) groups is 1. The standard InChI is InChI=1S/C25H33FN4O/c1-18-3-2-4-23(15-18)28-24(31)10-5-19-11-13-30(14-12-19)17-21-16-27-29-25(21)20-6-8-22(26)9-7-20/h2-4,6-9,15,19,21,25,27,29H,5,10-14,16-17H2,1H3,(H,28,31). The summed E-state index contributed by atoms with van der Waals surface area (Å²) < 4.78 is 13.2. The summed E-state index contributed by atoms with van der Waals surface area (Å²) in [4.78, 5) is 14.8. The van der Waals surface area contributed by atoms with Crippen molar-refractivity contribution in [1.29, 1.82) is 0 Å². The molecule has 3 N–H and O–H groups in total. The van der Waals surface area contributed by atoms with E-state index in [0.717, 1.165) is 62.3 Å². The molecule has 2 fully saturated rings. The van der Waals surface area contributed by atoms with E-state index in [2.05, 4.69) is 21.1 Å². The molecule has 0 spiro atoms. The van der Waals surface area contributed by atoms with Crippen molar-refractivity contribution in [3.63, 3.8) is 0 Å². The number of hydrogen-bond donors (Lipinski definition) is 3. The van der Waals surface area contributed by atoms with Gasteiger partial charge in [-0.2, -0.15) is 0 Å². The van der Waals surface area contributed by atoms with E-state index in [4.69, 9.17) is 0 Å². The quantitative estimate of drug-likeness (QED) is 0.628. The zero-order valence-electron chi connectivity index (χ0n) is 18.2. The van der Waals surface area contributed by atoms with E-state index in [-0.39, 0.29) is 17.8 Å². The molecule has 2 heterocycles. The van der Waals surface area contributed by atoms with Gasteiger partial charge in [-0.25, -0.2) is 9.82 Å².